The van der Waals surface area contributed by atoms with Crippen LogP contribution in [0.5, 0.6) is 0 Å². The first-order chi connectivity index (χ1) is 7.83. The fourth-order valence-electron chi connectivity index (χ4n) is 3.75. The Balaban J connectivity index is 1.75. The van der Waals surface area contributed by atoms with Crippen molar-refractivity contribution in [1.29, 1.82) is 0 Å². The molecule has 0 atom stereocenters. The van der Waals surface area contributed by atoms with Crippen LogP contribution in [0, 0.1) is 23.7 Å². The van der Waals surface area contributed by atoms with Crippen LogP contribution >= 0.6 is 0 Å². The third-order valence-corrected chi connectivity index (χ3v) is 5.04. The van der Waals surface area contributed by atoms with Crippen molar-refractivity contribution in [3.05, 3.63) is 12.7 Å². The SMILES string of the molecule is C=CC1CCC(C2CCC(CN)CC2)CC1. The number of hydrogen-bond donors (Lipinski definition) is 1. The Morgan fingerprint density at radius 3 is 1.81 bits per heavy atom. The number of allylic oxidation sites excluding steroid dienone is 1. The van der Waals surface area contributed by atoms with Gasteiger partial charge in [-0.05, 0) is 81.6 Å². The Morgan fingerprint density at radius 2 is 1.38 bits per heavy atom. The summed E-state index contributed by atoms with van der Waals surface area (Å²) in [6.45, 7) is 4.84. The second-order valence-electron chi connectivity index (χ2n) is 5.93. The van der Waals surface area contributed by atoms with Crippen LogP contribution in [0.4, 0.5) is 0 Å². The maximum absolute atomic E-state index is 5.75. The van der Waals surface area contributed by atoms with Gasteiger partial charge in [0.2, 0.25) is 0 Å². The lowest BCUT2D eigenvalue weighted by molar-refractivity contribution is 0.157. The third-order valence-electron chi connectivity index (χ3n) is 5.04. The molecule has 1 nitrogen and oxygen atoms in total. The van der Waals surface area contributed by atoms with Gasteiger partial charge in [0, 0.05) is 0 Å². The van der Waals surface area contributed by atoms with Gasteiger partial charge in [-0.25, -0.2) is 0 Å². The van der Waals surface area contributed by atoms with E-state index in [2.05, 4.69) is 12.7 Å². The second-order valence-corrected chi connectivity index (χ2v) is 5.93. The van der Waals surface area contributed by atoms with E-state index in [1.165, 1.54) is 51.4 Å². The number of nitrogens with two attached hydrogens (primary N) is 1. The molecule has 0 radical (unpaired) electrons. The lowest BCUT2D eigenvalue weighted by atomic mass is 9.69. The minimum Gasteiger partial charge on any atom is -0.330 e. The van der Waals surface area contributed by atoms with Crippen LogP contribution in [0.3, 0.4) is 0 Å². The van der Waals surface area contributed by atoms with Crippen molar-refractivity contribution in [3.8, 4) is 0 Å². The summed E-state index contributed by atoms with van der Waals surface area (Å²) in [4.78, 5) is 0. The van der Waals surface area contributed by atoms with Gasteiger partial charge in [-0.3, -0.25) is 0 Å². The molecule has 0 amide bonds. The van der Waals surface area contributed by atoms with Crippen molar-refractivity contribution in [2.75, 3.05) is 6.54 Å². The van der Waals surface area contributed by atoms with E-state index in [0.29, 0.717) is 0 Å². The average Bonchev–Trinajstić information content (AvgIpc) is 2.39. The van der Waals surface area contributed by atoms with Gasteiger partial charge in [-0.15, -0.1) is 6.58 Å². The lowest BCUT2D eigenvalue weighted by Gasteiger charge is -2.37. The fraction of sp³-hybridized carbons (Fsp3) is 0.867. The molecule has 0 spiro atoms. The van der Waals surface area contributed by atoms with E-state index in [1.54, 1.807) is 0 Å². The third kappa shape index (κ3) is 2.88. The standard InChI is InChI=1S/C15H27N/c1-2-12-3-7-14(8-4-12)15-9-5-13(11-16)6-10-15/h2,12-15H,1,3-11,16H2. The maximum atomic E-state index is 5.75. The van der Waals surface area contributed by atoms with E-state index >= 15 is 0 Å². The van der Waals surface area contributed by atoms with E-state index in [-0.39, 0.29) is 0 Å². The van der Waals surface area contributed by atoms with Crippen molar-refractivity contribution in [3.63, 3.8) is 0 Å². The molecule has 0 aromatic carbocycles. The summed E-state index contributed by atoms with van der Waals surface area (Å²) >= 11 is 0. The topological polar surface area (TPSA) is 26.0 Å². The highest BCUT2D eigenvalue weighted by molar-refractivity contribution is 4.87. The average molecular weight is 221 g/mol. The molecule has 2 saturated carbocycles. The minimum atomic E-state index is 0.816. The molecule has 0 heterocycles. The molecule has 0 aromatic heterocycles. The summed E-state index contributed by atoms with van der Waals surface area (Å²) in [5.41, 5.74) is 5.75. The van der Waals surface area contributed by atoms with Crippen LogP contribution < -0.4 is 5.73 Å². The van der Waals surface area contributed by atoms with Crippen LogP contribution in [0.2, 0.25) is 0 Å². The van der Waals surface area contributed by atoms with Gasteiger partial charge in [0.05, 0.1) is 0 Å². The van der Waals surface area contributed by atoms with E-state index in [9.17, 15) is 0 Å². The Hall–Kier alpha value is -0.300. The van der Waals surface area contributed by atoms with Crippen LogP contribution in [-0.4, -0.2) is 6.54 Å². The molecule has 0 saturated heterocycles. The molecule has 2 aliphatic rings. The van der Waals surface area contributed by atoms with Gasteiger partial charge < -0.3 is 5.73 Å². The summed E-state index contributed by atoms with van der Waals surface area (Å²) in [6.07, 6.45) is 13.5. The molecule has 2 aliphatic carbocycles. The molecule has 0 bridgehead atoms. The van der Waals surface area contributed by atoms with Crippen LogP contribution in [0.25, 0.3) is 0 Å². The maximum Gasteiger partial charge on any atom is -0.00489 e. The summed E-state index contributed by atoms with van der Waals surface area (Å²) < 4.78 is 0. The van der Waals surface area contributed by atoms with Gasteiger partial charge in [0.25, 0.3) is 0 Å². The number of hydrogen-bond acceptors (Lipinski definition) is 1. The second kappa shape index (κ2) is 5.86. The highest BCUT2D eigenvalue weighted by Gasteiger charge is 2.29. The van der Waals surface area contributed by atoms with Crippen molar-refractivity contribution in [2.45, 2.75) is 51.4 Å². The van der Waals surface area contributed by atoms with Crippen molar-refractivity contribution in [2.24, 2.45) is 29.4 Å². The van der Waals surface area contributed by atoms with E-state index in [4.69, 9.17) is 5.73 Å². The first-order valence-corrected chi connectivity index (χ1v) is 7.16. The number of rotatable bonds is 3. The Morgan fingerprint density at radius 1 is 0.875 bits per heavy atom. The van der Waals surface area contributed by atoms with Crippen LogP contribution in [-0.2, 0) is 0 Å². The normalized spacial score (nSPS) is 40.6. The van der Waals surface area contributed by atoms with E-state index < -0.39 is 0 Å². The quantitative estimate of drug-likeness (QED) is 0.722. The van der Waals surface area contributed by atoms with Gasteiger partial charge >= 0.3 is 0 Å². The smallest absolute Gasteiger partial charge is 0.00489 e. The molecule has 0 unspecified atom stereocenters. The zero-order valence-corrected chi connectivity index (χ0v) is 10.5. The highest BCUT2D eigenvalue weighted by Crippen LogP contribution is 2.41. The molecule has 2 N–H and O–H groups in total. The predicted octanol–water partition coefficient (Wildman–Crippen LogP) is 3.74. The Kier molecular flexibility index (Phi) is 4.45. The summed E-state index contributed by atoms with van der Waals surface area (Å²) in [7, 11) is 0. The van der Waals surface area contributed by atoms with Gasteiger partial charge in [-0.1, -0.05) is 6.08 Å². The molecule has 0 aromatic rings. The van der Waals surface area contributed by atoms with Crippen molar-refractivity contribution in [1.82, 2.24) is 0 Å². The Labute approximate surface area is 100 Å². The minimum absolute atomic E-state index is 0.816. The van der Waals surface area contributed by atoms with Crippen molar-refractivity contribution < 1.29 is 0 Å². The first kappa shape index (κ1) is 12.2. The predicted molar refractivity (Wildman–Crippen MR) is 70.1 cm³/mol. The monoisotopic (exact) mass is 221 g/mol. The summed E-state index contributed by atoms with van der Waals surface area (Å²) in [5.74, 6) is 3.70. The fourth-order valence-corrected chi connectivity index (χ4v) is 3.75. The molecule has 0 aliphatic heterocycles. The largest absolute Gasteiger partial charge is 0.330 e. The van der Waals surface area contributed by atoms with Crippen LogP contribution in [0.1, 0.15) is 51.4 Å². The molecule has 92 valence electrons. The van der Waals surface area contributed by atoms with Crippen molar-refractivity contribution >= 4 is 0 Å². The molecule has 2 fully saturated rings. The van der Waals surface area contributed by atoms with Gasteiger partial charge in [0.15, 0.2) is 0 Å². The van der Waals surface area contributed by atoms with Crippen LogP contribution in [0.15, 0.2) is 12.7 Å². The summed E-state index contributed by atoms with van der Waals surface area (Å²) in [5, 5.41) is 0. The zero-order valence-electron chi connectivity index (χ0n) is 10.5. The Bertz CT molecular complexity index is 207. The molecule has 16 heavy (non-hydrogen) atoms. The zero-order chi connectivity index (χ0) is 11.4. The lowest BCUT2D eigenvalue weighted by Crippen LogP contribution is -2.27. The van der Waals surface area contributed by atoms with E-state index in [0.717, 1.165) is 30.2 Å². The van der Waals surface area contributed by atoms with Gasteiger partial charge in [0.1, 0.15) is 0 Å². The first-order valence-electron chi connectivity index (χ1n) is 7.16. The van der Waals surface area contributed by atoms with Gasteiger partial charge in [-0.2, -0.15) is 0 Å². The highest BCUT2D eigenvalue weighted by atomic mass is 14.6. The molecule has 1 heteroatoms. The summed E-state index contributed by atoms with van der Waals surface area (Å²) in [6, 6.07) is 0. The molecule has 2 rings (SSSR count). The molecular formula is C15H27N. The molecular weight excluding hydrogens is 194 g/mol. The van der Waals surface area contributed by atoms with E-state index in [1.807, 2.05) is 0 Å².